The van der Waals surface area contributed by atoms with E-state index in [2.05, 4.69) is 5.32 Å². The minimum absolute atomic E-state index is 0.00860. The molecule has 7 nitrogen and oxygen atoms in total. The van der Waals surface area contributed by atoms with Crippen LogP contribution in [0.1, 0.15) is 0 Å². The molecule has 10 heteroatoms. The number of hydrogen-bond acceptors (Lipinski definition) is 6. The highest BCUT2D eigenvalue weighted by atomic mass is 32.2. The van der Waals surface area contributed by atoms with Crippen LogP contribution in [0, 0.1) is 21.7 Å². The maximum Gasteiger partial charge on any atom is 0.310 e. The fourth-order valence-corrected chi connectivity index (χ4v) is 2.94. The molecule has 0 aromatic heterocycles. The fourth-order valence-electron chi connectivity index (χ4n) is 2.07. The summed E-state index contributed by atoms with van der Waals surface area (Å²) in [6.07, 6.45) is 0.880. The second-order valence-corrected chi connectivity index (χ2v) is 7.02. The summed E-state index contributed by atoms with van der Waals surface area (Å²) in [6.45, 7) is 0.0678. The number of rotatable bonds is 7. The Morgan fingerprint density at radius 2 is 1.92 bits per heavy atom. The summed E-state index contributed by atoms with van der Waals surface area (Å²) in [7, 11) is -3.77. The topological polar surface area (TPSA) is 98.5 Å². The van der Waals surface area contributed by atoms with Crippen LogP contribution >= 0.6 is 0 Å². The lowest BCUT2D eigenvalue weighted by Gasteiger charge is -2.10. The number of anilines is 1. The van der Waals surface area contributed by atoms with Gasteiger partial charge in [0.1, 0.15) is 22.9 Å². The summed E-state index contributed by atoms with van der Waals surface area (Å²) < 4.78 is 54.4. The van der Waals surface area contributed by atoms with Crippen LogP contribution in [0.5, 0.6) is 5.75 Å². The van der Waals surface area contributed by atoms with E-state index in [0.29, 0.717) is 0 Å². The van der Waals surface area contributed by atoms with Gasteiger partial charge in [-0.25, -0.2) is 17.2 Å². The number of nitro groups is 1. The predicted octanol–water partition coefficient (Wildman–Crippen LogP) is 2.77. The highest BCUT2D eigenvalue weighted by Crippen LogP contribution is 2.31. The van der Waals surface area contributed by atoms with Gasteiger partial charge < -0.3 is 10.1 Å². The summed E-state index contributed by atoms with van der Waals surface area (Å²) in [4.78, 5) is 10.0. The third kappa shape index (κ3) is 4.63. The van der Waals surface area contributed by atoms with Gasteiger partial charge in [-0.15, -0.1) is 0 Å². The average Bonchev–Trinajstić information content (AvgIpc) is 2.53. The Morgan fingerprint density at radius 3 is 2.52 bits per heavy atom. The summed E-state index contributed by atoms with van der Waals surface area (Å²) in [6, 6.07) is 6.93. The van der Waals surface area contributed by atoms with Crippen molar-refractivity contribution in [1.82, 2.24) is 0 Å². The first-order valence-electron chi connectivity index (χ1n) is 6.99. The average molecular weight is 372 g/mol. The van der Waals surface area contributed by atoms with Crippen LogP contribution in [0.15, 0.2) is 41.3 Å². The van der Waals surface area contributed by atoms with Crippen LogP contribution in [0.25, 0.3) is 0 Å². The Balaban J connectivity index is 2.08. The van der Waals surface area contributed by atoms with E-state index in [1.807, 2.05) is 0 Å². The van der Waals surface area contributed by atoms with Crippen LogP contribution in [-0.4, -0.2) is 32.7 Å². The zero-order valence-corrected chi connectivity index (χ0v) is 13.8. The van der Waals surface area contributed by atoms with Crippen molar-refractivity contribution in [2.45, 2.75) is 4.90 Å². The van der Waals surface area contributed by atoms with E-state index in [1.54, 1.807) is 0 Å². The molecule has 2 rings (SSSR count). The lowest BCUT2D eigenvalue weighted by molar-refractivity contribution is -0.386. The first-order valence-corrected chi connectivity index (χ1v) is 8.88. The van der Waals surface area contributed by atoms with Crippen molar-refractivity contribution in [3.63, 3.8) is 0 Å². The van der Waals surface area contributed by atoms with Crippen LogP contribution in [0.4, 0.5) is 20.2 Å². The number of halogens is 2. The molecular weight excluding hydrogens is 358 g/mol. The number of para-hydroxylation sites is 1. The third-order valence-electron chi connectivity index (χ3n) is 3.16. The zero-order chi connectivity index (χ0) is 18.6. The predicted molar refractivity (Wildman–Crippen MR) is 86.5 cm³/mol. The number of benzene rings is 2. The van der Waals surface area contributed by atoms with E-state index in [4.69, 9.17) is 4.74 Å². The molecule has 0 unspecified atom stereocenters. The molecule has 0 aliphatic heterocycles. The van der Waals surface area contributed by atoms with Crippen LogP contribution < -0.4 is 10.1 Å². The molecule has 0 atom stereocenters. The quantitative estimate of drug-likeness (QED) is 0.456. The Bertz CT molecular complexity index is 903. The lowest BCUT2D eigenvalue weighted by Crippen LogP contribution is -2.14. The van der Waals surface area contributed by atoms with Crippen molar-refractivity contribution in [2.24, 2.45) is 0 Å². The molecule has 134 valence electrons. The monoisotopic (exact) mass is 372 g/mol. The van der Waals surface area contributed by atoms with E-state index in [-0.39, 0.29) is 24.6 Å². The first-order chi connectivity index (χ1) is 11.7. The summed E-state index contributed by atoms with van der Waals surface area (Å²) >= 11 is 0. The maximum absolute atomic E-state index is 13.0. The molecule has 1 N–H and O–H groups in total. The number of nitrogens with zero attached hydrogens (tertiary/aromatic N) is 1. The van der Waals surface area contributed by atoms with Gasteiger partial charge in [0.15, 0.2) is 21.5 Å². The van der Waals surface area contributed by atoms with E-state index >= 15 is 0 Å². The van der Waals surface area contributed by atoms with E-state index in [1.165, 1.54) is 18.2 Å². The van der Waals surface area contributed by atoms with Gasteiger partial charge in [0.2, 0.25) is 0 Å². The van der Waals surface area contributed by atoms with E-state index in [9.17, 15) is 27.3 Å². The molecule has 0 fully saturated rings. The number of sulfone groups is 1. The minimum atomic E-state index is -3.77. The molecule has 25 heavy (non-hydrogen) atoms. The van der Waals surface area contributed by atoms with Crippen LogP contribution in [-0.2, 0) is 9.84 Å². The van der Waals surface area contributed by atoms with Gasteiger partial charge in [-0.05, 0) is 24.3 Å². The number of nitro benzene ring substituents is 1. The molecular formula is C15H14F2N2O5S. The minimum Gasteiger partial charge on any atom is -0.492 e. The van der Waals surface area contributed by atoms with Crippen molar-refractivity contribution in [1.29, 1.82) is 0 Å². The molecule has 0 aliphatic carbocycles. The highest BCUT2D eigenvalue weighted by Gasteiger charge is 2.25. The third-order valence-corrected chi connectivity index (χ3v) is 4.29. The molecule has 0 bridgehead atoms. The molecule has 0 radical (unpaired) electrons. The normalized spacial score (nSPS) is 11.2. The SMILES string of the molecule is CS(=O)(=O)c1cccc(NCCOc2ccc(F)c(F)c2)c1[N+](=O)[O-]. The molecule has 2 aromatic carbocycles. The van der Waals surface area contributed by atoms with Gasteiger partial charge in [-0.2, -0.15) is 0 Å². The first kappa shape index (κ1) is 18.6. The molecule has 0 heterocycles. The van der Waals surface area contributed by atoms with Crippen LogP contribution in [0.2, 0.25) is 0 Å². The molecule has 0 aliphatic rings. The van der Waals surface area contributed by atoms with E-state index < -0.39 is 37.0 Å². The van der Waals surface area contributed by atoms with Gasteiger partial charge in [0.25, 0.3) is 0 Å². The zero-order valence-electron chi connectivity index (χ0n) is 13.0. The number of hydrogen-bond donors (Lipinski definition) is 1. The van der Waals surface area contributed by atoms with Gasteiger partial charge >= 0.3 is 5.69 Å². The maximum atomic E-state index is 13.0. The Kier molecular flexibility index (Phi) is 5.52. The van der Waals surface area contributed by atoms with E-state index in [0.717, 1.165) is 24.5 Å². The van der Waals surface area contributed by atoms with Gasteiger partial charge in [0.05, 0.1) is 4.92 Å². The van der Waals surface area contributed by atoms with Crippen molar-refractivity contribution in [3.05, 3.63) is 58.1 Å². The van der Waals surface area contributed by atoms with Crippen molar-refractivity contribution >= 4 is 21.2 Å². The number of ether oxygens (including phenoxy) is 1. The van der Waals surface area contributed by atoms with Gasteiger partial charge in [0, 0.05) is 18.9 Å². The lowest BCUT2D eigenvalue weighted by atomic mass is 10.2. The Labute approximate surface area is 142 Å². The smallest absolute Gasteiger partial charge is 0.310 e. The summed E-state index contributed by atoms with van der Waals surface area (Å²) in [5, 5.41) is 13.9. The molecule has 0 saturated heterocycles. The molecule has 0 saturated carbocycles. The standard InChI is InChI=1S/C15H14F2N2O5S/c1-25(22,23)14-4-2-3-13(15(14)19(20)21)18-7-8-24-10-5-6-11(16)12(17)9-10/h2-6,9,18H,7-8H2,1H3. The van der Waals surface area contributed by atoms with Crippen LogP contribution in [0.3, 0.4) is 0 Å². The summed E-state index contributed by atoms with van der Waals surface area (Å²) in [5.74, 6) is -1.96. The molecule has 0 amide bonds. The highest BCUT2D eigenvalue weighted by molar-refractivity contribution is 7.90. The second-order valence-electron chi connectivity index (χ2n) is 5.03. The second kappa shape index (κ2) is 7.43. The fraction of sp³-hybridized carbons (Fsp3) is 0.200. The Morgan fingerprint density at radius 1 is 1.20 bits per heavy atom. The molecule has 0 spiro atoms. The molecule has 2 aromatic rings. The van der Waals surface area contributed by atoms with Crippen molar-refractivity contribution in [3.8, 4) is 5.75 Å². The van der Waals surface area contributed by atoms with Gasteiger partial charge in [-0.1, -0.05) is 6.07 Å². The van der Waals surface area contributed by atoms with Gasteiger partial charge in [-0.3, -0.25) is 10.1 Å². The Hall–Kier alpha value is -2.75. The summed E-state index contributed by atoms with van der Waals surface area (Å²) in [5.41, 5.74) is -0.542. The van der Waals surface area contributed by atoms with Crippen molar-refractivity contribution in [2.75, 3.05) is 24.7 Å². The number of nitrogens with one attached hydrogen (secondary N) is 1. The van der Waals surface area contributed by atoms with Crippen molar-refractivity contribution < 1.29 is 26.9 Å². The largest absolute Gasteiger partial charge is 0.492 e.